The monoisotopic (exact) mass is 245 g/mol. The summed E-state index contributed by atoms with van der Waals surface area (Å²) in [4.78, 5) is 0. The highest BCUT2D eigenvalue weighted by molar-refractivity contribution is 5.87. The van der Waals surface area contributed by atoms with Crippen LogP contribution >= 0.6 is 0 Å². The largest absolute Gasteiger partial charge is 0.0622 e. The Labute approximate surface area is 114 Å². The van der Waals surface area contributed by atoms with Crippen molar-refractivity contribution in [1.82, 2.24) is 0 Å². The molecule has 0 aliphatic rings. The van der Waals surface area contributed by atoms with Gasteiger partial charge >= 0.3 is 0 Å². The minimum atomic E-state index is 1.01. The molecule has 1 radical (unpaired) electrons. The van der Waals surface area contributed by atoms with Crippen molar-refractivity contribution in [3.05, 3.63) is 89.8 Å². The van der Waals surface area contributed by atoms with Crippen molar-refractivity contribution in [2.24, 2.45) is 0 Å². The fourth-order valence-corrected chi connectivity index (χ4v) is 2.59. The molecule has 93 valence electrons. The second-order valence-corrected chi connectivity index (χ2v) is 4.97. The van der Waals surface area contributed by atoms with Crippen molar-refractivity contribution < 1.29 is 0 Å². The maximum absolute atomic E-state index is 2.23. The highest BCUT2D eigenvalue weighted by Crippen LogP contribution is 2.27. The summed E-state index contributed by atoms with van der Waals surface area (Å²) in [5.74, 6) is 1.42. The van der Waals surface area contributed by atoms with Crippen LogP contribution in [0.25, 0.3) is 10.8 Å². The van der Waals surface area contributed by atoms with Crippen molar-refractivity contribution >= 4 is 10.8 Å². The zero-order chi connectivity index (χ0) is 13.1. The normalized spacial score (nSPS) is 11.1. The molecule has 0 unspecified atom stereocenters. The Kier molecular flexibility index (Phi) is 3.33. The molecule has 0 amide bonds. The number of rotatable bonds is 3. The van der Waals surface area contributed by atoms with Gasteiger partial charge in [0, 0.05) is 5.92 Å². The van der Waals surface area contributed by atoms with Crippen LogP contribution < -0.4 is 0 Å². The fourth-order valence-electron chi connectivity index (χ4n) is 2.59. The van der Waals surface area contributed by atoms with E-state index in [1.165, 1.54) is 27.8 Å². The Morgan fingerprint density at radius 3 is 2.26 bits per heavy atom. The molecule has 3 aromatic rings. The Hall–Kier alpha value is -2.08. The molecule has 0 bridgehead atoms. The van der Waals surface area contributed by atoms with Crippen LogP contribution in [0.2, 0.25) is 0 Å². The van der Waals surface area contributed by atoms with Gasteiger partial charge in [0.15, 0.2) is 0 Å². The third kappa shape index (κ3) is 2.53. The standard InChI is InChI=1S/C19H17/c1-15(14-16-8-3-2-4-9-16)18-13-7-11-17-10-5-6-12-19(17)18/h2-13H,14H2,1H3. The molecular weight excluding hydrogens is 228 g/mol. The van der Waals surface area contributed by atoms with Gasteiger partial charge in [-0.2, -0.15) is 0 Å². The first-order valence-corrected chi connectivity index (χ1v) is 6.69. The molecule has 0 aliphatic carbocycles. The van der Waals surface area contributed by atoms with Crippen LogP contribution in [0.4, 0.5) is 0 Å². The van der Waals surface area contributed by atoms with Gasteiger partial charge in [-0.25, -0.2) is 0 Å². The minimum absolute atomic E-state index is 1.01. The van der Waals surface area contributed by atoms with Crippen LogP contribution in [-0.2, 0) is 6.42 Å². The summed E-state index contributed by atoms with van der Waals surface area (Å²) in [5.41, 5.74) is 2.73. The summed E-state index contributed by atoms with van der Waals surface area (Å²) in [6, 6.07) is 25.8. The first-order valence-electron chi connectivity index (χ1n) is 6.69. The summed E-state index contributed by atoms with van der Waals surface area (Å²) in [5, 5.41) is 2.66. The first-order chi connectivity index (χ1) is 9.34. The number of hydrogen-bond donors (Lipinski definition) is 0. The van der Waals surface area contributed by atoms with E-state index >= 15 is 0 Å². The van der Waals surface area contributed by atoms with Gasteiger partial charge in [-0.05, 0) is 28.3 Å². The van der Waals surface area contributed by atoms with Crippen LogP contribution in [0.1, 0.15) is 18.1 Å². The van der Waals surface area contributed by atoms with E-state index < -0.39 is 0 Å². The average Bonchev–Trinajstić information content (AvgIpc) is 2.47. The third-order valence-corrected chi connectivity index (χ3v) is 3.56. The molecule has 0 fully saturated rings. The second-order valence-electron chi connectivity index (χ2n) is 4.97. The molecule has 0 nitrogen and oxygen atoms in total. The van der Waals surface area contributed by atoms with E-state index in [1.54, 1.807) is 0 Å². The van der Waals surface area contributed by atoms with E-state index in [0.717, 1.165) is 6.42 Å². The Morgan fingerprint density at radius 1 is 0.737 bits per heavy atom. The molecule has 0 heteroatoms. The van der Waals surface area contributed by atoms with E-state index in [4.69, 9.17) is 0 Å². The van der Waals surface area contributed by atoms with Crippen molar-refractivity contribution in [2.75, 3.05) is 0 Å². The lowest BCUT2D eigenvalue weighted by Gasteiger charge is -2.14. The summed E-state index contributed by atoms with van der Waals surface area (Å²) in [6.45, 7) is 2.23. The summed E-state index contributed by atoms with van der Waals surface area (Å²) in [6.07, 6.45) is 1.01. The zero-order valence-electron chi connectivity index (χ0n) is 11.1. The van der Waals surface area contributed by atoms with Gasteiger partial charge in [0.25, 0.3) is 0 Å². The summed E-state index contributed by atoms with van der Waals surface area (Å²) in [7, 11) is 0. The van der Waals surface area contributed by atoms with Crippen molar-refractivity contribution in [1.29, 1.82) is 0 Å². The fraction of sp³-hybridized carbons (Fsp3) is 0.105. The summed E-state index contributed by atoms with van der Waals surface area (Å²) >= 11 is 0. The molecule has 3 aromatic carbocycles. The van der Waals surface area contributed by atoms with Gasteiger partial charge in [-0.3, -0.25) is 0 Å². The smallest absolute Gasteiger partial charge is 0.00687 e. The van der Waals surface area contributed by atoms with Gasteiger partial charge < -0.3 is 0 Å². The topological polar surface area (TPSA) is 0 Å². The van der Waals surface area contributed by atoms with Gasteiger partial charge in [0.1, 0.15) is 0 Å². The van der Waals surface area contributed by atoms with Crippen molar-refractivity contribution in [2.45, 2.75) is 13.3 Å². The Morgan fingerprint density at radius 2 is 1.42 bits per heavy atom. The molecule has 0 atom stereocenters. The van der Waals surface area contributed by atoms with Crippen LogP contribution in [0.5, 0.6) is 0 Å². The SMILES string of the molecule is C[C](Cc1ccccc1)c1cccc2ccccc12. The van der Waals surface area contributed by atoms with Gasteiger partial charge in [0.05, 0.1) is 0 Å². The number of benzene rings is 3. The van der Waals surface area contributed by atoms with Crippen molar-refractivity contribution in [3.63, 3.8) is 0 Å². The van der Waals surface area contributed by atoms with Gasteiger partial charge in [-0.1, -0.05) is 79.7 Å². The third-order valence-electron chi connectivity index (χ3n) is 3.56. The highest BCUT2D eigenvalue weighted by Gasteiger charge is 2.10. The molecule has 19 heavy (non-hydrogen) atoms. The highest BCUT2D eigenvalue weighted by atomic mass is 14.1. The minimum Gasteiger partial charge on any atom is -0.0622 e. The van der Waals surface area contributed by atoms with Crippen LogP contribution in [-0.4, -0.2) is 0 Å². The lowest BCUT2D eigenvalue weighted by Crippen LogP contribution is -2.00. The Balaban J connectivity index is 1.96. The molecule has 0 N–H and O–H groups in total. The van der Waals surface area contributed by atoms with E-state index in [2.05, 4.69) is 79.7 Å². The maximum Gasteiger partial charge on any atom is 0.00687 e. The van der Waals surface area contributed by atoms with Crippen molar-refractivity contribution in [3.8, 4) is 0 Å². The molecule has 0 heterocycles. The predicted octanol–water partition coefficient (Wildman–Crippen LogP) is 5.02. The zero-order valence-corrected chi connectivity index (χ0v) is 11.1. The Bertz CT molecular complexity index is 662. The van der Waals surface area contributed by atoms with E-state index in [1.807, 2.05) is 0 Å². The molecule has 0 aromatic heterocycles. The quantitative estimate of drug-likeness (QED) is 0.607. The first kappa shape index (κ1) is 12.0. The molecule has 0 spiro atoms. The molecular formula is C19H17. The molecule has 3 rings (SSSR count). The number of hydrogen-bond acceptors (Lipinski definition) is 0. The lowest BCUT2D eigenvalue weighted by atomic mass is 9.90. The predicted molar refractivity (Wildman–Crippen MR) is 82.1 cm³/mol. The van der Waals surface area contributed by atoms with Crippen LogP contribution in [0.3, 0.4) is 0 Å². The molecule has 0 saturated heterocycles. The van der Waals surface area contributed by atoms with Crippen LogP contribution in [0, 0.1) is 5.92 Å². The second kappa shape index (κ2) is 5.27. The maximum atomic E-state index is 2.23. The average molecular weight is 245 g/mol. The van der Waals surface area contributed by atoms with Gasteiger partial charge in [-0.15, -0.1) is 0 Å². The lowest BCUT2D eigenvalue weighted by molar-refractivity contribution is 1.00. The van der Waals surface area contributed by atoms with Crippen LogP contribution in [0.15, 0.2) is 72.8 Å². The van der Waals surface area contributed by atoms with E-state index in [9.17, 15) is 0 Å². The van der Waals surface area contributed by atoms with E-state index in [0.29, 0.717) is 0 Å². The summed E-state index contributed by atoms with van der Waals surface area (Å²) < 4.78 is 0. The molecule has 0 aliphatic heterocycles. The van der Waals surface area contributed by atoms with E-state index in [-0.39, 0.29) is 0 Å². The molecule has 0 saturated carbocycles. The number of fused-ring (bicyclic) bond motifs is 1. The van der Waals surface area contributed by atoms with Gasteiger partial charge in [0.2, 0.25) is 0 Å².